The first-order valence-electron chi connectivity index (χ1n) is 28.0. The molecule has 0 saturated carbocycles. The van der Waals surface area contributed by atoms with E-state index in [1.54, 1.807) is 36.4 Å². The minimum Gasteiger partial charge on any atom is -0.295 e. The number of halogens is 20. The molecule has 10 aromatic rings. The van der Waals surface area contributed by atoms with Gasteiger partial charge in [-0.15, -0.1) is 21.9 Å². The molecule has 103 heavy (non-hydrogen) atoms. The van der Waals surface area contributed by atoms with Gasteiger partial charge in [-0.3, -0.25) is 28.0 Å². The van der Waals surface area contributed by atoms with Gasteiger partial charge in [0.1, 0.15) is 63.6 Å². The molecule has 0 fully saturated rings. The Bertz CT molecular complexity index is 4930. The van der Waals surface area contributed by atoms with Gasteiger partial charge in [-0.2, -0.15) is 25.3 Å². The van der Waals surface area contributed by atoms with Crippen LogP contribution in [0.1, 0.15) is 51.8 Å². The maximum Gasteiger partial charge on any atom is 0.299 e. The van der Waals surface area contributed by atoms with Crippen LogP contribution in [0, 0.1) is 116 Å². The summed E-state index contributed by atoms with van der Waals surface area (Å²) < 4.78 is 406. The molecular formula is C66H33BF20O12S4. The summed E-state index contributed by atoms with van der Waals surface area (Å²) in [6.45, 7) is 4.11. The smallest absolute Gasteiger partial charge is 0.295 e. The summed E-state index contributed by atoms with van der Waals surface area (Å²) in [5.41, 5.74) is -11.2. The highest BCUT2D eigenvalue weighted by Gasteiger charge is 2.53. The van der Waals surface area contributed by atoms with E-state index in [-0.39, 0.29) is 48.7 Å². The Morgan fingerprint density at radius 3 is 0.573 bits per heavy atom. The normalized spacial score (nSPS) is 12.0. The van der Waals surface area contributed by atoms with E-state index in [1.165, 1.54) is 93.6 Å². The van der Waals surface area contributed by atoms with Crippen LogP contribution in [0.3, 0.4) is 0 Å². The molecule has 0 radical (unpaired) electrons. The third-order valence-corrected chi connectivity index (χ3v) is 21.4. The molecule has 0 unspecified atom stereocenters. The molecule has 536 valence electrons. The standard InChI is InChI=1S/C42H32O12S4.C24BF20/c1-25(43)28-4-10-31(11-5-28)34-16-19-37(40(22-34)56(46,47)48)55(38-20-17-35(23-41(38)57(49,50)51)32-12-6-29(7-13-32)26(2)44)39-21-18-36(24-42(39)58(52,53)54)33-14-8-30(9-15-33)27(3)45;26-5-1(6(27)14(35)21(42)13(5)34)25(2-7(28)15(36)22(43)16(37)8(2)29,3-9(30)17(38)23(44)18(39)10(3)31)4-11(32)19(40)24(45)20(41)12(4)33/h4-24H,1-3H3,(H2-,46,47,48,49,50,51,52,53,54);/q;-1/p+1. The van der Waals surface area contributed by atoms with Crippen molar-refractivity contribution in [3.05, 3.63) is 260 Å². The maximum atomic E-state index is 15.4. The Hall–Kier alpha value is -10.0. The number of rotatable bonds is 16. The van der Waals surface area contributed by atoms with Crippen LogP contribution < -0.4 is 21.9 Å². The van der Waals surface area contributed by atoms with Gasteiger partial charge in [0.2, 0.25) is 0 Å². The molecule has 0 aromatic heterocycles. The van der Waals surface area contributed by atoms with Crippen molar-refractivity contribution in [2.45, 2.75) is 50.1 Å². The predicted octanol–water partition coefficient (Wildman–Crippen LogP) is 14.0. The lowest BCUT2D eigenvalue weighted by Crippen LogP contribution is -2.81. The summed E-state index contributed by atoms with van der Waals surface area (Å²) in [5.74, 6) is -72.1. The second kappa shape index (κ2) is 28.3. The number of carbonyl (C=O) groups is 3. The summed E-state index contributed by atoms with van der Waals surface area (Å²) in [7, 11) is -17.7. The topological polar surface area (TPSA) is 214 Å². The molecule has 0 spiro atoms. The quantitative estimate of drug-likeness (QED) is 0.0157. The minimum absolute atomic E-state index is 0.216. The Labute approximate surface area is 569 Å². The fraction of sp³-hybridized carbons (Fsp3) is 0.0455. The van der Waals surface area contributed by atoms with Gasteiger partial charge < -0.3 is 0 Å². The number of benzene rings is 10. The molecule has 0 aliphatic carbocycles. The summed E-state index contributed by atoms with van der Waals surface area (Å²) in [6, 6.07) is 29.8. The Morgan fingerprint density at radius 2 is 0.417 bits per heavy atom. The van der Waals surface area contributed by atoms with Crippen LogP contribution in [0.15, 0.2) is 157 Å². The van der Waals surface area contributed by atoms with Gasteiger partial charge >= 0.3 is 0 Å². The minimum atomic E-state index is -7.22. The second-order valence-corrected chi connectivity index (χ2v) is 28.0. The van der Waals surface area contributed by atoms with Gasteiger partial charge in [-0.05, 0) is 109 Å². The van der Waals surface area contributed by atoms with E-state index in [4.69, 9.17) is 0 Å². The number of hydrogen-bond donors (Lipinski definition) is 3. The first-order valence-corrected chi connectivity index (χ1v) is 33.5. The van der Waals surface area contributed by atoms with Crippen molar-refractivity contribution in [2.24, 2.45) is 0 Å². The van der Waals surface area contributed by atoms with Gasteiger partial charge in [-0.25, -0.2) is 87.8 Å². The fourth-order valence-corrected chi connectivity index (χ4v) is 16.7. The van der Waals surface area contributed by atoms with E-state index in [9.17, 15) is 106 Å². The average molecular weight is 1540 g/mol. The zero-order chi connectivity index (χ0) is 76.7. The molecule has 10 aromatic carbocycles. The van der Waals surface area contributed by atoms with Crippen molar-refractivity contribution >= 4 is 86.6 Å². The van der Waals surface area contributed by atoms with Crippen molar-refractivity contribution in [1.82, 2.24) is 0 Å². The van der Waals surface area contributed by atoms with Crippen molar-refractivity contribution in [3.63, 3.8) is 0 Å². The predicted molar refractivity (Wildman–Crippen MR) is 326 cm³/mol. The number of hydrogen-bond acceptors (Lipinski definition) is 9. The van der Waals surface area contributed by atoms with E-state index in [1.807, 2.05) is 0 Å². The van der Waals surface area contributed by atoms with Gasteiger partial charge in [0, 0.05) is 16.7 Å². The third-order valence-electron chi connectivity index (χ3n) is 15.9. The second-order valence-electron chi connectivity index (χ2n) is 21.9. The largest absolute Gasteiger partial charge is 0.299 e. The lowest BCUT2D eigenvalue weighted by Gasteiger charge is -2.44. The molecule has 3 N–H and O–H groups in total. The lowest BCUT2D eigenvalue weighted by molar-refractivity contribution is 0.100. The average Bonchev–Trinajstić information content (AvgIpc) is 0.681. The SMILES string of the molecule is CC(=O)c1ccc(-c2ccc([S+](c3ccc(-c4ccc(C(C)=O)cc4)cc3S(=O)(=O)O)c3ccc(-c4ccc(C(C)=O)cc4)cc3S(=O)(=O)O)c(S(=O)(=O)O)c2)cc1.Fc1c(F)c(F)c([B-](c2c(F)c(F)c(F)c(F)c2F)(c2c(F)c(F)c(F)c(F)c2F)c2c(F)c(F)c(F)c(F)c2F)c(F)c1F. The van der Waals surface area contributed by atoms with Gasteiger partial charge in [0.25, 0.3) is 30.4 Å². The van der Waals surface area contributed by atoms with Gasteiger partial charge in [0.15, 0.2) is 117 Å². The molecule has 0 atom stereocenters. The zero-order valence-corrected chi connectivity index (χ0v) is 54.2. The summed E-state index contributed by atoms with van der Waals surface area (Å²) >= 11 is 0. The monoisotopic (exact) mass is 1540 g/mol. The molecular weight excluding hydrogens is 1500 g/mol. The Kier molecular flexibility index (Phi) is 21.2. The van der Waals surface area contributed by atoms with Crippen LogP contribution in [0.4, 0.5) is 87.8 Å². The number of ketones is 3. The Balaban J connectivity index is 0.000000247. The van der Waals surface area contributed by atoms with Crippen LogP contribution >= 0.6 is 0 Å². The summed E-state index contributed by atoms with van der Waals surface area (Å²) in [6.07, 6.45) is -7.22. The number of Topliss-reactive ketones (excluding diaryl/α,β-unsaturated/α-hetero) is 3. The molecule has 0 aliphatic rings. The molecule has 0 saturated heterocycles. The third kappa shape index (κ3) is 13.7. The van der Waals surface area contributed by atoms with Crippen molar-refractivity contribution in [2.75, 3.05) is 0 Å². The summed E-state index contributed by atoms with van der Waals surface area (Å²) in [4.78, 5) is 32.5. The molecule has 0 heterocycles. The number of carbonyl (C=O) groups excluding carboxylic acids is 3. The molecule has 0 amide bonds. The molecule has 37 heteroatoms. The van der Waals surface area contributed by atoms with Crippen LogP contribution in [0.25, 0.3) is 33.4 Å². The lowest BCUT2D eigenvalue weighted by atomic mass is 9.12. The van der Waals surface area contributed by atoms with Crippen LogP contribution in [0.5, 0.6) is 0 Å². The first-order chi connectivity index (χ1) is 47.8. The Morgan fingerprint density at radius 1 is 0.262 bits per heavy atom. The van der Waals surface area contributed by atoms with Gasteiger partial charge in [0.05, 0.1) is 0 Å². The van der Waals surface area contributed by atoms with Crippen LogP contribution in [-0.4, -0.2) is 62.4 Å². The van der Waals surface area contributed by atoms with Crippen molar-refractivity contribution in [1.29, 1.82) is 0 Å². The van der Waals surface area contributed by atoms with Crippen LogP contribution in [-0.2, 0) is 41.2 Å². The zero-order valence-electron chi connectivity index (χ0n) is 50.9. The van der Waals surface area contributed by atoms with E-state index < -0.39 is 200 Å². The van der Waals surface area contributed by atoms with E-state index in [0.717, 1.165) is 18.2 Å². The van der Waals surface area contributed by atoms with E-state index in [0.29, 0.717) is 33.4 Å². The van der Waals surface area contributed by atoms with Crippen LogP contribution in [0.2, 0.25) is 0 Å². The molecule has 0 aliphatic heterocycles. The molecule has 10 rings (SSSR count). The molecule has 0 bridgehead atoms. The van der Waals surface area contributed by atoms with E-state index in [2.05, 4.69) is 0 Å². The maximum absolute atomic E-state index is 15.4. The highest BCUT2D eigenvalue weighted by atomic mass is 32.2. The highest BCUT2D eigenvalue weighted by Crippen LogP contribution is 2.44. The summed E-state index contributed by atoms with van der Waals surface area (Å²) in [5, 5.41) is 0. The highest BCUT2D eigenvalue weighted by molar-refractivity contribution is 7.99. The van der Waals surface area contributed by atoms with Crippen molar-refractivity contribution < 1.29 is 141 Å². The van der Waals surface area contributed by atoms with Crippen molar-refractivity contribution in [3.8, 4) is 33.4 Å². The molecule has 12 nitrogen and oxygen atoms in total. The van der Waals surface area contributed by atoms with Gasteiger partial charge in [-0.1, -0.05) is 72.8 Å². The van der Waals surface area contributed by atoms with E-state index >= 15 is 35.1 Å². The fourth-order valence-electron chi connectivity index (χ4n) is 11.1. The first kappa shape index (κ1) is 77.1.